The standard InChI is InChI=1S/C24H24FN3O3/c1-24(23(30)26-17-7-2-3-8-17)15-27-19(21-10-5-13-31-21)11-12-20(27)22(29)28(24)18-9-4-6-16(25)14-18/h4-6,9-14,17H,2-3,7-8,15H2,1H3,(H,26,30). The minimum Gasteiger partial charge on any atom is -0.463 e. The maximum Gasteiger partial charge on any atom is 0.275 e. The number of benzene rings is 1. The summed E-state index contributed by atoms with van der Waals surface area (Å²) in [6.07, 6.45) is 5.60. The summed E-state index contributed by atoms with van der Waals surface area (Å²) in [6.45, 7) is 1.97. The molecular weight excluding hydrogens is 397 g/mol. The van der Waals surface area contributed by atoms with Crippen LogP contribution in [0, 0.1) is 5.82 Å². The first-order chi connectivity index (χ1) is 15.0. The maximum atomic E-state index is 14.1. The van der Waals surface area contributed by atoms with Gasteiger partial charge in [-0.3, -0.25) is 14.5 Å². The number of amides is 2. The number of aromatic nitrogens is 1. The largest absolute Gasteiger partial charge is 0.463 e. The van der Waals surface area contributed by atoms with Crippen LogP contribution in [0.2, 0.25) is 0 Å². The highest BCUT2D eigenvalue weighted by molar-refractivity contribution is 6.12. The van der Waals surface area contributed by atoms with Gasteiger partial charge in [0.2, 0.25) is 5.91 Å². The van der Waals surface area contributed by atoms with Crippen molar-refractivity contribution < 1.29 is 18.4 Å². The minimum absolute atomic E-state index is 0.101. The topological polar surface area (TPSA) is 67.5 Å². The lowest BCUT2D eigenvalue weighted by Gasteiger charge is -2.44. The van der Waals surface area contributed by atoms with Crippen LogP contribution in [0.5, 0.6) is 0 Å². The van der Waals surface area contributed by atoms with Crippen molar-refractivity contribution in [2.75, 3.05) is 4.90 Å². The Balaban J connectivity index is 1.61. The van der Waals surface area contributed by atoms with Crippen LogP contribution in [0.4, 0.5) is 10.1 Å². The van der Waals surface area contributed by atoms with Gasteiger partial charge in [-0.25, -0.2) is 4.39 Å². The molecule has 1 aliphatic carbocycles. The molecule has 160 valence electrons. The Hall–Kier alpha value is -3.35. The summed E-state index contributed by atoms with van der Waals surface area (Å²) >= 11 is 0. The number of hydrogen-bond acceptors (Lipinski definition) is 3. The van der Waals surface area contributed by atoms with Crippen molar-refractivity contribution in [1.82, 2.24) is 9.88 Å². The molecule has 1 aromatic carbocycles. The van der Waals surface area contributed by atoms with Crippen LogP contribution >= 0.6 is 0 Å². The summed E-state index contributed by atoms with van der Waals surface area (Å²) in [5, 5.41) is 3.14. The van der Waals surface area contributed by atoms with Crippen LogP contribution in [0.15, 0.2) is 59.2 Å². The van der Waals surface area contributed by atoms with E-state index in [2.05, 4.69) is 5.32 Å². The van der Waals surface area contributed by atoms with Crippen molar-refractivity contribution in [2.24, 2.45) is 0 Å². The fraction of sp³-hybridized carbons (Fsp3) is 0.333. The Bertz CT molecular complexity index is 1130. The average molecular weight is 421 g/mol. The Morgan fingerprint density at radius 2 is 1.90 bits per heavy atom. The number of nitrogens with one attached hydrogen (secondary N) is 1. The van der Waals surface area contributed by atoms with Gasteiger partial charge in [0.15, 0.2) is 0 Å². The van der Waals surface area contributed by atoms with Gasteiger partial charge in [0.25, 0.3) is 5.91 Å². The Morgan fingerprint density at radius 1 is 1.13 bits per heavy atom. The number of carbonyl (C=O) groups excluding carboxylic acids is 2. The number of nitrogens with zero attached hydrogens (tertiary/aromatic N) is 2. The number of anilines is 1. The van der Waals surface area contributed by atoms with E-state index in [0.29, 0.717) is 17.1 Å². The monoisotopic (exact) mass is 421 g/mol. The number of rotatable bonds is 4. The molecule has 0 radical (unpaired) electrons. The van der Waals surface area contributed by atoms with Crippen LogP contribution in [0.3, 0.4) is 0 Å². The lowest BCUT2D eigenvalue weighted by molar-refractivity contribution is -0.127. The van der Waals surface area contributed by atoms with E-state index in [1.54, 1.807) is 37.5 Å². The molecule has 1 unspecified atom stereocenters. The molecule has 2 aliphatic rings. The van der Waals surface area contributed by atoms with Crippen LogP contribution < -0.4 is 10.2 Å². The zero-order valence-electron chi connectivity index (χ0n) is 17.3. The molecule has 2 amide bonds. The molecule has 0 spiro atoms. The molecule has 7 heteroatoms. The highest BCUT2D eigenvalue weighted by Gasteiger charge is 2.49. The van der Waals surface area contributed by atoms with Gasteiger partial charge in [0, 0.05) is 11.7 Å². The van der Waals surface area contributed by atoms with E-state index < -0.39 is 11.4 Å². The number of furan rings is 1. The van der Waals surface area contributed by atoms with E-state index in [1.165, 1.54) is 17.0 Å². The fourth-order valence-corrected chi connectivity index (χ4v) is 4.78. The van der Waals surface area contributed by atoms with E-state index in [9.17, 15) is 14.0 Å². The van der Waals surface area contributed by atoms with E-state index >= 15 is 0 Å². The summed E-state index contributed by atoms with van der Waals surface area (Å²) in [7, 11) is 0. The molecule has 1 N–H and O–H groups in total. The van der Waals surface area contributed by atoms with Gasteiger partial charge in [-0.15, -0.1) is 0 Å². The Labute approximate surface area is 179 Å². The molecule has 2 aromatic heterocycles. The average Bonchev–Trinajstić information content (AvgIpc) is 3.49. The molecule has 3 heterocycles. The first-order valence-electron chi connectivity index (χ1n) is 10.6. The lowest BCUT2D eigenvalue weighted by atomic mass is 9.93. The second kappa shape index (κ2) is 7.41. The van der Waals surface area contributed by atoms with Gasteiger partial charge in [-0.1, -0.05) is 18.9 Å². The molecular formula is C24H24FN3O3. The normalized spacial score (nSPS) is 21.4. The molecule has 5 rings (SSSR count). The van der Waals surface area contributed by atoms with E-state index in [1.807, 2.05) is 16.7 Å². The third kappa shape index (κ3) is 3.24. The zero-order valence-corrected chi connectivity index (χ0v) is 17.3. The summed E-state index contributed by atoms with van der Waals surface area (Å²) in [5.41, 5.74) is 0.288. The molecule has 3 aromatic rings. The van der Waals surface area contributed by atoms with E-state index in [-0.39, 0.29) is 24.4 Å². The third-order valence-electron chi connectivity index (χ3n) is 6.38. The predicted molar refractivity (Wildman–Crippen MR) is 114 cm³/mol. The summed E-state index contributed by atoms with van der Waals surface area (Å²) in [5.74, 6) is -0.418. The summed E-state index contributed by atoms with van der Waals surface area (Å²) in [6, 6.07) is 13.1. The van der Waals surface area contributed by atoms with E-state index in [4.69, 9.17) is 4.42 Å². The summed E-state index contributed by atoms with van der Waals surface area (Å²) < 4.78 is 21.4. The summed E-state index contributed by atoms with van der Waals surface area (Å²) in [4.78, 5) is 28.7. The van der Waals surface area contributed by atoms with Gasteiger partial charge in [0.1, 0.15) is 22.8 Å². The number of halogens is 1. The molecule has 6 nitrogen and oxygen atoms in total. The third-order valence-corrected chi connectivity index (χ3v) is 6.38. The Kier molecular flexibility index (Phi) is 4.68. The first kappa shape index (κ1) is 19.6. The quantitative estimate of drug-likeness (QED) is 0.680. The fourth-order valence-electron chi connectivity index (χ4n) is 4.78. The smallest absolute Gasteiger partial charge is 0.275 e. The molecule has 1 fully saturated rings. The predicted octanol–water partition coefficient (Wildman–Crippen LogP) is 4.37. The maximum absolute atomic E-state index is 14.1. The SMILES string of the molecule is CC1(C(=O)NC2CCCC2)Cn2c(ccc2-c2ccco2)C(=O)N1c1cccc(F)c1. The van der Waals surface area contributed by atoms with Crippen LogP contribution in [0.1, 0.15) is 43.1 Å². The molecule has 1 aliphatic heterocycles. The highest BCUT2D eigenvalue weighted by atomic mass is 19.1. The van der Waals surface area contributed by atoms with Crippen molar-refractivity contribution in [3.05, 3.63) is 66.3 Å². The first-order valence-corrected chi connectivity index (χ1v) is 10.6. The molecule has 0 bridgehead atoms. The molecule has 0 saturated heterocycles. The number of fused-ring (bicyclic) bond motifs is 1. The molecule has 1 atom stereocenters. The van der Waals surface area contributed by atoms with Gasteiger partial charge in [0.05, 0.1) is 18.5 Å². The van der Waals surface area contributed by atoms with Crippen molar-refractivity contribution in [3.63, 3.8) is 0 Å². The number of hydrogen-bond donors (Lipinski definition) is 1. The van der Waals surface area contributed by atoms with Crippen LogP contribution in [-0.4, -0.2) is 28.0 Å². The second-order valence-electron chi connectivity index (χ2n) is 8.52. The van der Waals surface area contributed by atoms with E-state index in [0.717, 1.165) is 31.4 Å². The van der Waals surface area contributed by atoms with Gasteiger partial charge < -0.3 is 14.3 Å². The van der Waals surface area contributed by atoms with Crippen molar-refractivity contribution in [1.29, 1.82) is 0 Å². The highest BCUT2D eigenvalue weighted by Crippen LogP contribution is 2.37. The zero-order chi connectivity index (χ0) is 21.6. The number of carbonyl (C=O) groups is 2. The van der Waals surface area contributed by atoms with Crippen molar-refractivity contribution >= 4 is 17.5 Å². The second-order valence-corrected chi connectivity index (χ2v) is 8.52. The Morgan fingerprint density at radius 3 is 2.61 bits per heavy atom. The van der Waals surface area contributed by atoms with Crippen LogP contribution in [-0.2, 0) is 11.3 Å². The molecule has 1 saturated carbocycles. The minimum atomic E-state index is -1.24. The lowest BCUT2D eigenvalue weighted by Crippen LogP contribution is -2.65. The van der Waals surface area contributed by atoms with Crippen LogP contribution in [0.25, 0.3) is 11.5 Å². The van der Waals surface area contributed by atoms with Crippen molar-refractivity contribution in [2.45, 2.75) is 50.7 Å². The molecule has 31 heavy (non-hydrogen) atoms. The van der Waals surface area contributed by atoms with Gasteiger partial charge in [-0.05, 0) is 62.2 Å². The van der Waals surface area contributed by atoms with Gasteiger partial charge >= 0.3 is 0 Å². The van der Waals surface area contributed by atoms with Crippen molar-refractivity contribution in [3.8, 4) is 11.5 Å². The van der Waals surface area contributed by atoms with Gasteiger partial charge in [-0.2, -0.15) is 0 Å².